The molecule has 0 radical (unpaired) electrons. The van der Waals surface area contributed by atoms with Gasteiger partial charge in [-0.25, -0.2) is 0 Å². The molecule has 0 spiro atoms. The second-order valence-corrected chi connectivity index (χ2v) is 7.76. The first-order chi connectivity index (χ1) is 16.4. The molecule has 3 heterocycles. The first-order valence-corrected chi connectivity index (χ1v) is 10.8. The zero-order valence-corrected chi connectivity index (χ0v) is 19.5. The Labute approximate surface area is 196 Å². The van der Waals surface area contributed by atoms with E-state index in [-0.39, 0.29) is 23.7 Å². The van der Waals surface area contributed by atoms with Crippen LogP contribution in [0.15, 0.2) is 53.2 Å². The van der Waals surface area contributed by atoms with Crippen LogP contribution in [-0.2, 0) is 27.1 Å². The van der Waals surface area contributed by atoms with E-state index in [1.165, 1.54) is 16.4 Å². The predicted molar refractivity (Wildman–Crippen MR) is 126 cm³/mol. The molecule has 0 saturated heterocycles. The number of anilines is 2. The molecule has 0 aliphatic rings. The summed E-state index contributed by atoms with van der Waals surface area (Å²) in [4.78, 5) is 25.6. The van der Waals surface area contributed by atoms with Crippen molar-refractivity contribution in [3.63, 3.8) is 0 Å². The number of aryl methyl sites for hydroxylation is 3. The molecule has 176 valence electrons. The zero-order valence-electron chi connectivity index (χ0n) is 19.5. The summed E-state index contributed by atoms with van der Waals surface area (Å²) < 4.78 is 14.4. The number of hydrogen-bond acceptors (Lipinski definition) is 6. The maximum Gasteiger partial charge on any atom is 0.291 e. The third kappa shape index (κ3) is 4.85. The normalized spacial score (nSPS) is 10.8. The minimum Gasteiger partial charge on any atom is -0.486 e. The number of carbonyl (C=O) groups excluding carboxylic acids is 2. The number of carbonyl (C=O) groups is 2. The Kier molecular flexibility index (Phi) is 6.48. The maximum atomic E-state index is 12.9. The largest absolute Gasteiger partial charge is 0.486 e. The number of furan rings is 1. The number of ether oxygens (including phenoxy) is 1. The van der Waals surface area contributed by atoms with Crippen LogP contribution in [0.3, 0.4) is 0 Å². The average Bonchev–Trinajstić information content (AvgIpc) is 3.54. The third-order valence-electron chi connectivity index (χ3n) is 5.48. The van der Waals surface area contributed by atoms with Crippen molar-refractivity contribution in [2.45, 2.75) is 26.9 Å². The van der Waals surface area contributed by atoms with Crippen LogP contribution in [0.4, 0.5) is 11.4 Å². The molecule has 0 fully saturated rings. The van der Waals surface area contributed by atoms with Gasteiger partial charge in [0.25, 0.3) is 11.8 Å². The second-order valence-electron chi connectivity index (χ2n) is 7.76. The van der Waals surface area contributed by atoms with Gasteiger partial charge in [0.15, 0.2) is 5.76 Å². The standard InChI is InChI=1S/C24H26N6O4/c1-5-16-6-8-17(9-7-16)33-14-18-10-11-21(34-18)23(31)28-20-13-26-30(4)22(20)24(32)27-19-12-25-29(3)15(19)2/h6-13H,5,14H2,1-4H3,(H,27,32)(H,28,31). The average molecular weight is 463 g/mol. The minimum atomic E-state index is -0.502. The van der Waals surface area contributed by atoms with Crippen molar-refractivity contribution in [3.05, 3.63) is 77.3 Å². The van der Waals surface area contributed by atoms with Crippen LogP contribution in [0, 0.1) is 6.92 Å². The Bertz CT molecular complexity index is 1320. The molecular formula is C24H26N6O4. The van der Waals surface area contributed by atoms with E-state index in [4.69, 9.17) is 9.15 Å². The fraction of sp³-hybridized carbons (Fsp3) is 0.250. The maximum absolute atomic E-state index is 12.9. The molecule has 10 nitrogen and oxygen atoms in total. The van der Waals surface area contributed by atoms with Crippen molar-refractivity contribution in [2.75, 3.05) is 10.6 Å². The Morgan fingerprint density at radius 2 is 1.62 bits per heavy atom. The molecule has 0 aliphatic heterocycles. The number of rotatable bonds is 8. The van der Waals surface area contributed by atoms with Gasteiger partial charge in [-0.3, -0.25) is 19.0 Å². The van der Waals surface area contributed by atoms with Gasteiger partial charge in [-0.1, -0.05) is 19.1 Å². The topological polar surface area (TPSA) is 116 Å². The van der Waals surface area contributed by atoms with E-state index in [0.717, 1.165) is 17.9 Å². The molecule has 34 heavy (non-hydrogen) atoms. The van der Waals surface area contributed by atoms with Crippen LogP contribution in [0.5, 0.6) is 5.75 Å². The van der Waals surface area contributed by atoms with E-state index in [0.29, 0.717) is 11.4 Å². The van der Waals surface area contributed by atoms with Gasteiger partial charge in [-0.15, -0.1) is 0 Å². The summed E-state index contributed by atoms with van der Waals surface area (Å²) in [6.45, 7) is 4.12. The quantitative estimate of drug-likeness (QED) is 0.412. The molecule has 1 aromatic carbocycles. The molecule has 4 rings (SSSR count). The van der Waals surface area contributed by atoms with Gasteiger partial charge in [-0.2, -0.15) is 10.2 Å². The van der Waals surface area contributed by atoms with E-state index >= 15 is 0 Å². The molecule has 4 aromatic rings. The van der Waals surface area contributed by atoms with Crippen LogP contribution >= 0.6 is 0 Å². The number of hydrogen-bond donors (Lipinski definition) is 2. The van der Waals surface area contributed by atoms with Crippen molar-refractivity contribution in [1.29, 1.82) is 0 Å². The Balaban J connectivity index is 1.41. The fourth-order valence-electron chi connectivity index (χ4n) is 3.34. The molecular weight excluding hydrogens is 436 g/mol. The molecule has 0 saturated carbocycles. The lowest BCUT2D eigenvalue weighted by Gasteiger charge is -2.08. The summed E-state index contributed by atoms with van der Waals surface area (Å²) in [5, 5.41) is 13.7. The summed E-state index contributed by atoms with van der Waals surface area (Å²) in [7, 11) is 3.40. The van der Waals surface area contributed by atoms with E-state index in [1.807, 2.05) is 31.2 Å². The highest BCUT2D eigenvalue weighted by molar-refractivity contribution is 6.11. The lowest BCUT2D eigenvalue weighted by atomic mass is 10.2. The number of aromatic nitrogens is 4. The van der Waals surface area contributed by atoms with Crippen molar-refractivity contribution in [1.82, 2.24) is 19.6 Å². The highest BCUT2D eigenvalue weighted by Crippen LogP contribution is 2.21. The minimum absolute atomic E-state index is 0.0956. The van der Waals surface area contributed by atoms with Crippen molar-refractivity contribution in [3.8, 4) is 5.75 Å². The first-order valence-electron chi connectivity index (χ1n) is 10.8. The lowest BCUT2D eigenvalue weighted by molar-refractivity contribution is 0.0992. The third-order valence-corrected chi connectivity index (χ3v) is 5.48. The van der Waals surface area contributed by atoms with Gasteiger partial charge in [0.2, 0.25) is 0 Å². The number of nitrogens with one attached hydrogen (secondary N) is 2. The highest BCUT2D eigenvalue weighted by atomic mass is 16.5. The van der Waals surface area contributed by atoms with Gasteiger partial charge < -0.3 is 19.8 Å². The van der Waals surface area contributed by atoms with Crippen LogP contribution in [-0.4, -0.2) is 31.4 Å². The van der Waals surface area contributed by atoms with E-state index in [2.05, 4.69) is 27.8 Å². The van der Waals surface area contributed by atoms with Crippen LogP contribution in [0.25, 0.3) is 0 Å². The summed E-state index contributed by atoms with van der Waals surface area (Å²) in [5.74, 6) is 0.390. The van der Waals surface area contributed by atoms with Crippen molar-refractivity contribution >= 4 is 23.2 Å². The first kappa shape index (κ1) is 22.8. The Morgan fingerprint density at radius 1 is 0.941 bits per heavy atom. The molecule has 0 atom stereocenters. The molecule has 3 aromatic heterocycles. The van der Waals surface area contributed by atoms with Crippen molar-refractivity contribution in [2.24, 2.45) is 14.1 Å². The van der Waals surface area contributed by atoms with Gasteiger partial charge in [0.05, 0.1) is 29.5 Å². The fourth-order valence-corrected chi connectivity index (χ4v) is 3.34. The second kappa shape index (κ2) is 9.65. The highest BCUT2D eigenvalue weighted by Gasteiger charge is 2.22. The van der Waals surface area contributed by atoms with Crippen LogP contribution in [0.1, 0.15) is 45.0 Å². The SMILES string of the molecule is CCc1ccc(OCc2ccc(C(=O)Nc3cnn(C)c3C(=O)Nc3cnn(C)c3C)o2)cc1. The summed E-state index contributed by atoms with van der Waals surface area (Å²) in [6, 6.07) is 11.1. The summed E-state index contributed by atoms with van der Waals surface area (Å²) in [6.07, 6.45) is 3.93. The van der Waals surface area contributed by atoms with Gasteiger partial charge in [-0.05, 0) is 43.2 Å². The number of amides is 2. The Hall–Kier alpha value is -4.34. The molecule has 0 unspecified atom stereocenters. The monoisotopic (exact) mass is 462 g/mol. The molecule has 0 aliphatic carbocycles. The van der Waals surface area contributed by atoms with Gasteiger partial charge in [0, 0.05) is 14.1 Å². The summed E-state index contributed by atoms with van der Waals surface area (Å²) in [5.41, 5.74) is 3.06. The number of nitrogens with zero attached hydrogens (tertiary/aromatic N) is 4. The smallest absolute Gasteiger partial charge is 0.291 e. The van der Waals surface area contributed by atoms with E-state index in [1.54, 1.807) is 37.1 Å². The van der Waals surface area contributed by atoms with E-state index in [9.17, 15) is 9.59 Å². The van der Waals surface area contributed by atoms with E-state index < -0.39 is 11.8 Å². The molecule has 2 N–H and O–H groups in total. The van der Waals surface area contributed by atoms with Crippen molar-refractivity contribution < 1.29 is 18.7 Å². The molecule has 2 amide bonds. The number of benzene rings is 1. The predicted octanol–water partition coefficient (Wildman–Crippen LogP) is 3.70. The van der Waals surface area contributed by atoms with Gasteiger partial charge >= 0.3 is 0 Å². The molecule has 10 heteroatoms. The van der Waals surface area contributed by atoms with Crippen LogP contribution in [0.2, 0.25) is 0 Å². The Morgan fingerprint density at radius 3 is 2.29 bits per heavy atom. The molecule has 0 bridgehead atoms. The van der Waals surface area contributed by atoms with Gasteiger partial charge in [0.1, 0.15) is 23.8 Å². The zero-order chi connectivity index (χ0) is 24.2. The van der Waals surface area contributed by atoms with Crippen LogP contribution < -0.4 is 15.4 Å². The lowest BCUT2D eigenvalue weighted by Crippen LogP contribution is -2.20. The summed E-state index contributed by atoms with van der Waals surface area (Å²) >= 11 is 0.